The number of non-ortho nitro benzene ring substituents is 2. The third kappa shape index (κ3) is 7.82. The smallest absolute Gasteiger partial charge is 0.299 e. The molecule has 0 N–H and O–H groups in total. The minimum Gasteiger partial charge on any atom is -0.366 e. The minimum atomic E-state index is -0.671. The molecule has 0 saturated carbocycles. The lowest BCUT2D eigenvalue weighted by Gasteiger charge is -2.30. The van der Waals surface area contributed by atoms with Crippen molar-refractivity contribution in [1.82, 2.24) is 0 Å². The van der Waals surface area contributed by atoms with Gasteiger partial charge in [-0.3, -0.25) is 40.5 Å². The molecule has 1 saturated heterocycles. The molecule has 2 aromatic carbocycles. The maximum absolute atomic E-state index is 11.8. The number of benzene rings is 2. The maximum Gasteiger partial charge on any atom is 0.299 e. The van der Waals surface area contributed by atoms with Gasteiger partial charge in [0.1, 0.15) is 11.4 Å². The number of nitrogens with zero attached hydrogens (tertiary/aromatic N) is 6. The number of nitro benzene ring substituents is 4. The van der Waals surface area contributed by atoms with Gasteiger partial charge in [-0.15, -0.1) is 0 Å². The van der Waals surface area contributed by atoms with E-state index in [1.54, 1.807) is 0 Å². The Bertz CT molecular complexity index is 1220. The lowest BCUT2D eigenvalue weighted by molar-refractivity contribution is -0.394. The van der Waals surface area contributed by atoms with Crippen LogP contribution in [0.15, 0.2) is 36.4 Å². The molecule has 0 radical (unpaired) electrons. The fraction of sp³-hybridized carbons (Fsp3) is 0.520. The van der Waals surface area contributed by atoms with Gasteiger partial charge in [0.15, 0.2) is 0 Å². The van der Waals surface area contributed by atoms with Crippen LogP contribution < -0.4 is 9.80 Å². The van der Waals surface area contributed by atoms with Crippen LogP contribution in [0, 0.1) is 46.4 Å². The van der Waals surface area contributed by atoms with Gasteiger partial charge in [0, 0.05) is 38.3 Å². The molecule has 0 aliphatic carbocycles. The monoisotopic (exact) mass is 544 g/mol. The molecule has 39 heavy (non-hydrogen) atoms. The second kappa shape index (κ2) is 13.4. The Balaban J connectivity index is 1.93. The summed E-state index contributed by atoms with van der Waals surface area (Å²) in [5, 5.41) is 46.0. The maximum atomic E-state index is 11.8. The first-order valence-corrected chi connectivity index (χ1v) is 12.9. The average Bonchev–Trinajstić information content (AvgIpc) is 2.89. The van der Waals surface area contributed by atoms with E-state index in [-0.39, 0.29) is 34.4 Å². The summed E-state index contributed by atoms with van der Waals surface area (Å²) >= 11 is 0. The molecule has 0 unspecified atom stereocenters. The summed E-state index contributed by atoms with van der Waals surface area (Å²) < 4.78 is 0. The highest BCUT2D eigenvalue weighted by Gasteiger charge is 2.26. The molecule has 0 spiro atoms. The zero-order valence-electron chi connectivity index (χ0n) is 21.8. The zero-order chi connectivity index (χ0) is 28.5. The van der Waals surface area contributed by atoms with Gasteiger partial charge >= 0.3 is 0 Å². The minimum absolute atomic E-state index is 0.217. The summed E-state index contributed by atoms with van der Waals surface area (Å²) in [5.41, 5.74) is -0.839. The Labute approximate surface area is 224 Å². The molecule has 0 bridgehead atoms. The van der Waals surface area contributed by atoms with Crippen LogP contribution in [0.25, 0.3) is 0 Å². The molecular formula is C25H32N6O8. The van der Waals surface area contributed by atoms with E-state index in [9.17, 15) is 40.5 Å². The van der Waals surface area contributed by atoms with Gasteiger partial charge in [-0.1, -0.05) is 32.6 Å². The fourth-order valence-electron chi connectivity index (χ4n) is 4.99. The van der Waals surface area contributed by atoms with E-state index < -0.39 is 19.7 Å². The van der Waals surface area contributed by atoms with E-state index in [1.165, 1.54) is 24.3 Å². The third-order valence-corrected chi connectivity index (χ3v) is 6.93. The summed E-state index contributed by atoms with van der Waals surface area (Å²) in [6.45, 7) is 3.86. The number of hydrogen-bond acceptors (Lipinski definition) is 10. The molecule has 0 aromatic heterocycles. The molecule has 14 nitrogen and oxygen atoms in total. The third-order valence-electron chi connectivity index (χ3n) is 6.93. The molecule has 2 aromatic rings. The van der Waals surface area contributed by atoms with Crippen LogP contribution in [-0.4, -0.2) is 45.9 Å². The van der Waals surface area contributed by atoms with Crippen molar-refractivity contribution in [3.63, 3.8) is 0 Å². The summed E-state index contributed by atoms with van der Waals surface area (Å²) in [6.07, 6.45) is 6.18. The Morgan fingerprint density at radius 2 is 1.08 bits per heavy atom. The SMILES string of the molecule is C[C@@H]1CCCCCCCN(c2ccc([N+](=O)[O-])cc2[N+](=O)[O-])CCCN(c2ccc([N+](=O)[O-])cc2[N+](=O)[O-])C1. The summed E-state index contributed by atoms with van der Waals surface area (Å²) in [5.74, 6) is 0.217. The number of nitro groups is 4. The van der Waals surface area contributed by atoms with E-state index in [0.717, 1.165) is 50.7 Å². The van der Waals surface area contributed by atoms with E-state index in [2.05, 4.69) is 6.92 Å². The predicted molar refractivity (Wildman–Crippen MR) is 145 cm³/mol. The lowest BCUT2D eigenvalue weighted by Crippen LogP contribution is -2.34. The zero-order valence-corrected chi connectivity index (χ0v) is 21.8. The van der Waals surface area contributed by atoms with Crippen LogP contribution in [0.1, 0.15) is 51.9 Å². The Morgan fingerprint density at radius 3 is 1.62 bits per heavy atom. The van der Waals surface area contributed by atoms with Crippen molar-refractivity contribution < 1.29 is 19.7 Å². The van der Waals surface area contributed by atoms with Crippen molar-refractivity contribution in [3.05, 3.63) is 76.9 Å². The predicted octanol–water partition coefficient (Wildman–Crippen LogP) is 6.01. The number of rotatable bonds is 6. The highest BCUT2D eigenvalue weighted by molar-refractivity contribution is 5.68. The van der Waals surface area contributed by atoms with Crippen molar-refractivity contribution in [2.45, 2.75) is 51.9 Å². The van der Waals surface area contributed by atoms with Crippen LogP contribution in [0.5, 0.6) is 0 Å². The second-order valence-electron chi connectivity index (χ2n) is 9.82. The van der Waals surface area contributed by atoms with E-state index in [4.69, 9.17) is 0 Å². The van der Waals surface area contributed by atoms with Gasteiger partial charge in [0.05, 0.1) is 31.8 Å². The molecule has 0 amide bonds. The summed E-state index contributed by atoms with van der Waals surface area (Å²) in [7, 11) is 0. The molecule has 1 atom stereocenters. The van der Waals surface area contributed by atoms with Gasteiger partial charge in [-0.2, -0.15) is 0 Å². The molecule has 210 valence electrons. The van der Waals surface area contributed by atoms with Gasteiger partial charge < -0.3 is 9.80 Å². The standard InChI is InChI=1S/C25H32N6O8/c1-19-8-5-3-2-4-6-13-26(22-11-9-20(28(32)33)16-24(22)30(36)37)14-7-15-27(18-19)23-12-10-21(29(34)35)17-25(23)31(38)39/h9-12,16-17,19H,2-8,13-15,18H2,1H3/t19-/m1/s1. The van der Waals surface area contributed by atoms with E-state index in [1.807, 2.05) is 9.80 Å². The molecule has 1 heterocycles. The first-order valence-electron chi connectivity index (χ1n) is 12.9. The Kier molecular flexibility index (Phi) is 10.1. The van der Waals surface area contributed by atoms with Crippen LogP contribution in [0.2, 0.25) is 0 Å². The van der Waals surface area contributed by atoms with Crippen molar-refractivity contribution in [1.29, 1.82) is 0 Å². The second-order valence-corrected chi connectivity index (χ2v) is 9.82. The van der Waals surface area contributed by atoms with E-state index in [0.29, 0.717) is 38.3 Å². The van der Waals surface area contributed by atoms with Gasteiger partial charge in [0.2, 0.25) is 0 Å². The van der Waals surface area contributed by atoms with Crippen molar-refractivity contribution >= 4 is 34.1 Å². The average molecular weight is 545 g/mol. The van der Waals surface area contributed by atoms with E-state index >= 15 is 0 Å². The first kappa shape index (κ1) is 29.2. The summed E-state index contributed by atoms with van der Waals surface area (Å²) in [6, 6.07) is 7.25. The van der Waals surface area contributed by atoms with Gasteiger partial charge in [-0.25, -0.2) is 0 Å². The summed E-state index contributed by atoms with van der Waals surface area (Å²) in [4.78, 5) is 47.1. The topological polar surface area (TPSA) is 179 Å². The van der Waals surface area contributed by atoms with Crippen molar-refractivity contribution in [2.75, 3.05) is 36.0 Å². The molecule has 3 rings (SSSR count). The lowest BCUT2D eigenvalue weighted by atomic mass is 10.0. The molecule has 1 aliphatic heterocycles. The molecule has 1 fully saturated rings. The number of anilines is 2. The highest BCUT2D eigenvalue weighted by Crippen LogP contribution is 2.35. The Morgan fingerprint density at radius 1 is 0.615 bits per heavy atom. The van der Waals surface area contributed by atoms with Crippen LogP contribution >= 0.6 is 0 Å². The van der Waals surface area contributed by atoms with Gasteiger partial charge in [-0.05, 0) is 37.3 Å². The highest BCUT2D eigenvalue weighted by atomic mass is 16.6. The van der Waals surface area contributed by atoms with Crippen LogP contribution in [0.4, 0.5) is 34.1 Å². The fourth-order valence-corrected chi connectivity index (χ4v) is 4.99. The quantitative estimate of drug-likeness (QED) is 0.308. The normalized spacial score (nSPS) is 17.7. The van der Waals surface area contributed by atoms with Crippen LogP contribution in [-0.2, 0) is 0 Å². The van der Waals surface area contributed by atoms with Crippen LogP contribution in [0.3, 0.4) is 0 Å². The van der Waals surface area contributed by atoms with Crippen molar-refractivity contribution in [2.24, 2.45) is 5.92 Å². The Hall–Kier alpha value is -4.36. The largest absolute Gasteiger partial charge is 0.366 e. The van der Waals surface area contributed by atoms with Gasteiger partial charge in [0.25, 0.3) is 22.7 Å². The van der Waals surface area contributed by atoms with Crippen molar-refractivity contribution in [3.8, 4) is 0 Å². The molecule has 1 aliphatic rings. The first-order chi connectivity index (χ1) is 18.6. The molecule has 14 heteroatoms. The molecular weight excluding hydrogens is 512 g/mol. The number of hydrogen-bond donors (Lipinski definition) is 0.